The van der Waals surface area contributed by atoms with Crippen LogP contribution >= 0.6 is 0 Å². The number of nitrogens with two attached hydrogens (primary N) is 1. The highest BCUT2D eigenvalue weighted by Gasteiger charge is 2.22. The summed E-state index contributed by atoms with van der Waals surface area (Å²) in [6, 6.07) is -0.0772. The Morgan fingerprint density at radius 3 is 3.21 bits per heavy atom. The van der Waals surface area contributed by atoms with Crippen LogP contribution in [0.5, 0.6) is 0 Å². The van der Waals surface area contributed by atoms with Crippen molar-refractivity contribution in [2.45, 2.75) is 6.10 Å². The second-order valence-corrected chi connectivity index (χ2v) is 3.15. The predicted octanol–water partition coefficient (Wildman–Crippen LogP) is -0.458. The standard InChI is InChI=1S/C9H17N3O2/c1-2-3-11-9(13)12-4-5-14-8(6-10)7-12/h2,8H,1,3-7,10H2,(H,11,13). The van der Waals surface area contributed by atoms with Crippen molar-refractivity contribution >= 4 is 6.03 Å². The molecule has 5 nitrogen and oxygen atoms in total. The number of ether oxygens (including phenoxy) is 1. The van der Waals surface area contributed by atoms with E-state index in [0.717, 1.165) is 0 Å². The topological polar surface area (TPSA) is 67.6 Å². The molecule has 1 fully saturated rings. The molecule has 80 valence electrons. The maximum Gasteiger partial charge on any atom is 0.317 e. The summed E-state index contributed by atoms with van der Waals surface area (Å²) in [6.45, 7) is 6.22. The highest BCUT2D eigenvalue weighted by atomic mass is 16.5. The van der Waals surface area contributed by atoms with Crippen molar-refractivity contribution in [2.24, 2.45) is 5.73 Å². The highest BCUT2D eigenvalue weighted by molar-refractivity contribution is 5.74. The largest absolute Gasteiger partial charge is 0.373 e. The fourth-order valence-electron chi connectivity index (χ4n) is 1.32. The number of carbonyl (C=O) groups is 1. The summed E-state index contributed by atoms with van der Waals surface area (Å²) in [5, 5.41) is 2.72. The minimum absolute atomic E-state index is 0.0294. The molecular weight excluding hydrogens is 182 g/mol. The van der Waals surface area contributed by atoms with E-state index < -0.39 is 0 Å². The van der Waals surface area contributed by atoms with Crippen molar-refractivity contribution in [3.05, 3.63) is 12.7 Å². The number of amides is 2. The third-order valence-corrected chi connectivity index (χ3v) is 2.09. The molecule has 1 atom stereocenters. The lowest BCUT2D eigenvalue weighted by atomic mass is 10.3. The van der Waals surface area contributed by atoms with Crippen LogP contribution in [0.1, 0.15) is 0 Å². The van der Waals surface area contributed by atoms with E-state index in [2.05, 4.69) is 11.9 Å². The molecule has 0 radical (unpaired) electrons. The van der Waals surface area contributed by atoms with Crippen molar-refractivity contribution in [1.29, 1.82) is 0 Å². The van der Waals surface area contributed by atoms with Crippen molar-refractivity contribution in [3.8, 4) is 0 Å². The first-order chi connectivity index (χ1) is 6.77. The SMILES string of the molecule is C=CCNC(=O)N1CCOC(CN)C1. The fourth-order valence-corrected chi connectivity index (χ4v) is 1.32. The lowest BCUT2D eigenvalue weighted by Crippen LogP contribution is -2.51. The van der Waals surface area contributed by atoms with Crippen LogP contribution < -0.4 is 11.1 Å². The molecule has 0 bridgehead atoms. The van der Waals surface area contributed by atoms with Crippen LogP contribution in [0.3, 0.4) is 0 Å². The van der Waals surface area contributed by atoms with Gasteiger partial charge in [0.15, 0.2) is 0 Å². The molecule has 0 aromatic rings. The van der Waals surface area contributed by atoms with E-state index in [-0.39, 0.29) is 12.1 Å². The van der Waals surface area contributed by atoms with E-state index >= 15 is 0 Å². The summed E-state index contributed by atoms with van der Waals surface area (Å²) in [5.74, 6) is 0. The van der Waals surface area contributed by atoms with Gasteiger partial charge < -0.3 is 20.7 Å². The van der Waals surface area contributed by atoms with Crippen LogP contribution in [0.25, 0.3) is 0 Å². The minimum Gasteiger partial charge on any atom is -0.373 e. The van der Waals surface area contributed by atoms with Crippen LogP contribution in [0, 0.1) is 0 Å². The summed E-state index contributed by atoms with van der Waals surface area (Å²) in [4.78, 5) is 13.2. The van der Waals surface area contributed by atoms with Gasteiger partial charge in [0, 0.05) is 26.2 Å². The third-order valence-electron chi connectivity index (χ3n) is 2.09. The third kappa shape index (κ3) is 3.01. The second-order valence-electron chi connectivity index (χ2n) is 3.15. The molecule has 2 amide bonds. The molecular formula is C9H17N3O2. The van der Waals surface area contributed by atoms with Crippen molar-refractivity contribution in [2.75, 3.05) is 32.8 Å². The van der Waals surface area contributed by atoms with Crippen LogP contribution in [0.4, 0.5) is 4.79 Å². The molecule has 1 unspecified atom stereocenters. The molecule has 5 heteroatoms. The van der Waals surface area contributed by atoms with Crippen LogP contribution in [-0.4, -0.2) is 49.8 Å². The first-order valence-electron chi connectivity index (χ1n) is 4.73. The van der Waals surface area contributed by atoms with Gasteiger partial charge in [-0.2, -0.15) is 0 Å². The number of nitrogens with one attached hydrogen (secondary N) is 1. The Balaban J connectivity index is 2.35. The summed E-state index contributed by atoms with van der Waals surface area (Å²) in [7, 11) is 0. The number of rotatable bonds is 3. The van der Waals surface area contributed by atoms with Gasteiger partial charge in [-0.1, -0.05) is 6.08 Å². The van der Waals surface area contributed by atoms with Gasteiger partial charge in [-0.3, -0.25) is 0 Å². The molecule has 1 aliphatic rings. The van der Waals surface area contributed by atoms with E-state index in [4.69, 9.17) is 10.5 Å². The minimum atomic E-state index is -0.0772. The van der Waals surface area contributed by atoms with Crippen LogP contribution in [0.2, 0.25) is 0 Å². The average molecular weight is 199 g/mol. The first-order valence-corrected chi connectivity index (χ1v) is 4.73. The van der Waals surface area contributed by atoms with Crippen LogP contribution in [0.15, 0.2) is 12.7 Å². The molecule has 1 heterocycles. The van der Waals surface area contributed by atoms with E-state index in [9.17, 15) is 4.79 Å². The summed E-state index contributed by atoms with van der Waals surface area (Å²) < 4.78 is 5.35. The number of morpholine rings is 1. The average Bonchev–Trinajstić information content (AvgIpc) is 2.26. The molecule has 0 aromatic heterocycles. The monoisotopic (exact) mass is 199 g/mol. The Labute approximate surface area is 83.9 Å². The van der Waals surface area contributed by atoms with Crippen molar-refractivity contribution in [1.82, 2.24) is 10.2 Å². The quantitative estimate of drug-likeness (QED) is 0.604. The zero-order valence-corrected chi connectivity index (χ0v) is 8.24. The lowest BCUT2D eigenvalue weighted by Gasteiger charge is -2.32. The Morgan fingerprint density at radius 1 is 1.79 bits per heavy atom. The Hall–Kier alpha value is -1.07. The van der Waals surface area contributed by atoms with E-state index in [0.29, 0.717) is 32.8 Å². The maximum absolute atomic E-state index is 11.5. The predicted molar refractivity (Wildman–Crippen MR) is 54.0 cm³/mol. The molecule has 14 heavy (non-hydrogen) atoms. The maximum atomic E-state index is 11.5. The number of carbonyl (C=O) groups excluding carboxylic acids is 1. The summed E-state index contributed by atoms with van der Waals surface area (Å²) in [5.41, 5.74) is 5.47. The van der Waals surface area contributed by atoms with E-state index in [1.807, 2.05) is 0 Å². The molecule has 3 N–H and O–H groups in total. The highest BCUT2D eigenvalue weighted by Crippen LogP contribution is 2.03. The zero-order valence-electron chi connectivity index (χ0n) is 8.24. The molecule has 0 aliphatic carbocycles. The van der Waals surface area contributed by atoms with Gasteiger partial charge in [0.2, 0.25) is 0 Å². The molecule has 1 rings (SSSR count). The molecule has 0 aromatic carbocycles. The lowest BCUT2D eigenvalue weighted by molar-refractivity contribution is -0.00845. The normalized spacial score (nSPS) is 21.8. The van der Waals surface area contributed by atoms with Crippen LogP contribution in [-0.2, 0) is 4.74 Å². The molecule has 0 spiro atoms. The number of hydrogen-bond donors (Lipinski definition) is 2. The number of nitrogens with zero attached hydrogens (tertiary/aromatic N) is 1. The van der Waals surface area contributed by atoms with Gasteiger partial charge in [0.25, 0.3) is 0 Å². The van der Waals surface area contributed by atoms with Gasteiger partial charge in [0.1, 0.15) is 0 Å². The second kappa shape index (κ2) is 5.62. The smallest absolute Gasteiger partial charge is 0.317 e. The molecule has 1 aliphatic heterocycles. The van der Waals surface area contributed by atoms with Crippen molar-refractivity contribution in [3.63, 3.8) is 0 Å². The molecule has 0 saturated carbocycles. The van der Waals surface area contributed by atoms with Gasteiger partial charge in [-0.15, -0.1) is 6.58 Å². The van der Waals surface area contributed by atoms with Crippen molar-refractivity contribution < 1.29 is 9.53 Å². The van der Waals surface area contributed by atoms with Gasteiger partial charge in [-0.05, 0) is 0 Å². The van der Waals surface area contributed by atoms with E-state index in [1.165, 1.54) is 0 Å². The Bertz CT molecular complexity index is 208. The Morgan fingerprint density at radius 2 is 2.57 bits per heavy atom. The van der Waals surface area contributed by atoms with Gasteiger partial charge in [0.05, 0.1) is 12.7 Å². The zero-order chi connectivity index (χ0) is 10.4. The summed E-state index contributed by atoms with van der Waals surface area (Å²) >= 11 is 0. The fraction of sp³-hybridized carbons (Fsp3) is 0.667. The number of urea groups is 1. The summed E-state index contributed by atoms with van der Waals surface area (Å²) in [6.07, 6.45) is 1.62. The Kier molecular flexibility index (Phi) is 4.42. The van der Waals surface area contributed by atoms with Gasteiger partial charge in [-0.25, -0.2) is 4.79 Å². The number of hydrogen-bond acceptors (Lipinski definition) is 3. The van der Waals surface area contributed by atoms with E-state index in [1.54, 1.807) is 11.0 Å². The molecule has 1 saturated heterocycles. The van der Waals surface area contributed by atoms with Gasteiger partial charge >= 0.3 is 6.03 Å². The first kappa shape index (κ1) is 11.0.